The molecular weight excluding hydrogens is 228 g/mol. The molecule has 4 heteroatoms. The molecule has 0 bridgehead atoms. The van der Waals surface area contributed by atoms with Gasteiger partial charge < -0.3 is 15.4 Å². The minimum Gasteiger partial charge on any atom is -0.491 e. The molecule has 1 amide bonds. The number of nitrogens with two attached hydrogens (primary N) is 1. The molecule has 1 aromatic carbocycles. The van der Waals surface area contributed by atoms with Gasteiger partial charge in [0.2, 0.25) is 5.91 Å². The third kappa shape index (κ3) is 2.64. The summed E-state index contributed by atoms with van der Waals surface area (Å²) in [4.78, 5) is 14.2. The lowest BCUT2D eigenvalue weighted by Crippen LogP contribution is -2.39. The first-order valence-corrected chi connectivity index (χ1v) is 6.45. The fourth-order valence-electron chi connectivity index (χ4n) is 2.21. The molecule has 0 fully saturated rings. The Kier molecular flexibility index (Phi) is 4.20. The smallest absolute Gasteiger partial charge is 0.227 e. The summed E-state index contributed by atoms with van der Waals surface area (Å²) in [6, 6.07) is 7.87. The lowest BCUT2D eigenvalue weighted by atomic mass is 10.0. The van der Waals surface area contributed by atoms with Crippen molar-refractivity contribution in [3.05, 3.63) is 29.8 Å². The van der Waals surface area contributed by atoms with Crippen molar-refractivity contribution in [2.45, 2.75) is 19.9 Å². The van der Waals surface area contributed by atoms with Crippen LogP contribution in [0.15, 0.2) is 24.3 Å². The lowest BCUT2D eigenvalue weighted by molar-refractivity contribution is -0.136. The van der Waals surface area contributed by atoms with Crippen molar-refractivity contribution >= 4 is 5.91 Å². The van der Waals surface area contributed by atoms with E-state index in [1.165, 1.54) is 0 Å². The Bertz CT molecular complexity index is 416. The van der Waals surface area contributed by atoms with Crippen LogP contribution < -0.4 is 10.5 Å². The van der Waals surface area contributed by atoms with Crippen LogP contribution >= 0.6 is 0 Å². The zero-order valence-electron chi connectivity index (χ0n) is 10.8. The molecule has 0 saturated heterocycles. The monoisotopic (exact) mass is 248 g/mol. The van der Waals surface area contributed by atoms with Gasteiger partial charge in [-0.2, -0.15) is 0 Å². The highest BCUT2D eigenvalue weighted by molar-refractivity contribution is 5.79. The summed E-state index contributed by atoms with van der Waals surface area (Å²) in [7, 11) is 0. The average molecular weight is 248 g/mol. The van der Waals surface area contributed by atoms with E-state index in [9.17, 15) is 4.79 Å². The van der Waals surface area contributed by atoms with Crippen LogP contribution in [0.25, 0.3) is 0 Å². The van der Waals surface area contributed by atoms with E-state index in [1.807, 2.05) is 36.1 Å². The van der Waals surface area contributed by atoms with Crippen molar-refractivity contribution < 1.29 is 9.53 Å². The topological polar surface area (TPSA) is 55.6 Å². The Morgan fingerprint density at radius 2 is 2.28 bits per heavy atom. The number of carbonyl (C=O) groups excluding carboxylic acids is 1. The lowest BCUT2D eigenvalue weighted by Gasteiger charge is -2.24. The predicted octanol–water partition coefficient (Wildman–Crippen LogP) is 1.39. The number of rotatable bonds is 3. The summed E-state index contributed by atoms with van der Waals surface area (Å²) >= 11 is 0. The number of para-hydroxylation sites is 1. The largest absolute Gasteiger partial charge is 0.491 e. The van der Waals surface area contributed by atoms with Crippen LogP contribution in [0.1, 0.15) is 18.9 Å². The highest BCUT2D eigenvalue weighted by Crippen LogP contribution is 2.23. The predicted molar refractivity (Wildman–Crippen MR) is 70.2 cm³/mol. The SMILES string of the molecule is CCC(CN)C(=O)N1CCOc2ccccc2C1. The molecule has 18 heavy (non-hydrogen) atoms. The number of carbonyl (C=O) groups is 1. The number of nitrogens with zero attached hydrogens (tertiary/aromatic N) is 1. The molecule has 1 aliphatic rings. The summed E-state index contributed by atoms with van der Waals surface area (Å²) in [5.41, 5.74) is 6.71. The first kappa shape index (κ1) is 12.9. The van der Waals surface area contributed by atoms with Gasteiger partial charge >= 0.3 is 0 Å². The van der Waals surface area contributed by atoms with E-state index < -0.39 is 0 Å². The Hall–Kier alpha value is -1.55. The fourth-order valence-corrected chi connectivity index (χ4v) is 2.21. The molecule has 0 aromatic heterocycles. The molecule has 1 aromatic rings. The van der Waals surface area contributed by atoms with E-state index >= 15 is 0 Å². The van der Waals surface area contributed by atoms with Crippen molar-refractivity contribution in [1.82, 2.24) is 4.90 Å². The number of ether oxygens (including phenoxy) is 1. The van der Waals surface area contributed by atoms with Crippen molar-refractivity contribution in [1.29, 1.82) is 0 Å². The van der Waals surface area contributed by atoms with Crippen molar-refractivity contribution in [3.8, 4) is 5.75 Å². The van der Waals surface area contributed by atoms with Crippen LogP contribution in [0.5, 0.6) is 5.75 Å². The molecule has 4 nitrogen and oxygen atoms in total. The van der Waals surface area contributed by atoms with E-state index in [0.29, 0.717) is 26.2 Å². The van der Waals surface area contributed by atoms with Crippen molar-refractivity contribution in [3.63, 3.8) is 0 Å². The van der Waals surface area contributed by atoms with E-state index in [-0.39, 0.29) is 11.8 Å². The summed E-state index contributed by atoms with van der Waals surface area (Å²) in [6.45, 7) is 4.20. The molecule has 0 saturated carbocycles. The maximum absolute atomic E-state index is 12.3. The third-order valence-electron chi connectivity index (χ3n) is 3.39. The number of hydrogen-bond acceptors (Lipinski definition) is 3. The Morgan fingerprint density at radius 1 is 1.50 bits per heavy atom. The van der Waals surface area contributed by atoms with E-state index in [1.54, 1.807) is 0 Å². The van der Waals surface area contributed by atoms with E-state index in [2.05, 4.69) is 0 Å². The van der Waals surface area contributed by atoms with Gasteiger partial charge in [0.25, 0.3) is 0 Å². The summed E-state index contributed by atoms with van der Waals surface area (Å²) < 4.78 is 5.65. The Balaban J connectivity index is 2.14. The summed E-state index contributed by atoms with van der Waals surface area (Å²) in [5.74, 6) is 0.948. The second kappa shape index (κ2) is 5.87. The molecular formula is C14H20N2O2. The molecule has 1 atom stereocenters. The molecule has 1 unspecified atom stereocenters. The average Bonchev–Trinajstić information content (AvgIpc) is 2.62. The summed E-state index contributed by atoms with van der Waals surface area (Å²) in [6.07, 6.45) is 0.786. The van der Waals surface area contributed by atoms with Gasteiger partial charge in [-0.05, 0) is 12.5 Å². The standard InChI is InChI=1S/C14H20N2O2/c1-2-11(9-15)14(17)16-7-8-18-13-6-4-3-5-12(13)10-16/h3-6,11H,2,7-10,15H2,1H3. The van der Waals surface area contributed by atoms with Crippen LogP contribution in [-0.4, -0.2) is 30.5 Å². The minimum atomic E-state index is -0.0738. The number of fused-ring (bicyclic) bond motifs is 1. The molecule has 0 radical (unpaired) electrons. The molecule has 1 heterocycles. The molecule has 98 valence electrons. The minimum absolute atomic E-state index is 0.0738. The van der Waals surface area contributed by atoms with E-state index in [4.69, 9.17) is 10.5 Å². The van der Waals surface area contributed by atoms with Gasteiger partial charge in [-0.15, -0.1) is 0 Å². The zero-order valence-corrected chi connectivity index (χ0v) is 10.8. The van der Waals surface area contributed by atoms with Crippen molar-refractivity contribution in [2.24, 2.45) is 11.7 Å². The van der Waals surface area contributed by atoms with Gasteiger partial charge in [-0.3, -0.25) is 4.79 Å². The Morgan fingerprint density at radius 3 is 3.00 bits per heavy atom. The molecule has 0 aliphatic carbocycles. The van der Waals surface area contributed by atoms with Gasteiger partial charge in [-0.25, -0.2) is 0 Å². The normalized spacial score (nSPS) is 16.4. The van der Waals surface area contributed by atoms with Gasteiger partial charge in [0.1, 0.15) is 12.4 Å². The second-order valence-electron chi connectivity index (χ2n) is 4.56. The van der Waals surface area contributed by atoms with Crippen LogP contribution in [0.4, 0.5) is 0 Å². The van der Waals surface area contributed by atoms with Gasteiger partial charge in [0, 0.05) is 18.7 Å². The highest BCUT2D eigenvalue weighted by Gasteiger charge is 2.24. The van der Waals surface area contributed by atoms with Gasteiger partial charge in [-0.1, -0.05) is 25.1 Å². The maximum Gasteiger partial charge on any atom is 0.227 e. The van der Waals surface area contributed by atoms with Crippen molar-refractivity contribution in [2.75, 3.05) is 19.7 Å². The third-order valence-corrected chi connectivity index (χ3v) is 3.39. The van der Waals surface area contributed by atoms with Gasteiger partial charge in [0.05, 0.1) is 12.5 Å². The molecule has 1 aliphatic heterocycles. The summed E-state index contributed by atoms with van der Waals surface area (Å²) in [5, 5.41) is 0. The quantitative estimate of drug-likeness (QED) is 0.879. The molecule has 2 N–H and O–H groups in total. The number of amides is 1. The van der Waals surface area contributed by atoms with Crippen LogP contribution in [-0.2, 0) is 11.3 Å². The first-order valence-electron chi connectivity index (χ1n) is 6.45. The van der Waals surface area contributed by atoms with Gasteiger partial charge in [0.15, 0.2) is 0 Å². The molecule has 0 spiro atoms. The second-order valence-corrected chi connectivity index (χ2v) is 4.56. The zero-order chi connectivity index (χ0) is 13.0. The van der Waals surface area contributed by atoms with Crippen LogP contribution in [0.3, 0.4) is 0 Å². The number of hydrogen-bond donors (Lipinski definition) is 1. The van der Waals surface area contributed by atoms with Crippen LogP contribution in [0, 0.1) is 5.92 Å². The first-order chi connectivity index (χ1) is 8.76. The van der Waals surface area contributed by atoms with Crippen LogP contribution in [0.2, 0.25) is 0 Å². The Labute approximate surface area is 108 Å². The molecule has 2 rings (SSSR count). The fraction of sp³-hybridized carbons (Fsp3) is 0.500. The van der Waals surface area contributed by atoms with E-state index in [0.717, 1.165) is 17.7 Å². The maximum atomic E-state index is 12.3. The highest BCUT2D eigenvalue weighted by atomic mass is 16.5. The number of benzene rings is 1.